The molecule has 0 atom stereocenters. The predicted octanol–water partition coefficient (Wildman–Crippen LogP) is 2.98. The minimum absolute atomic E-state index is 0.481. The van der Waals surface area contributed by atoms with Gasteiger partial charge in [-0.15, -0.1) is 11.3 Å². The van der Waals surface area contributed by atoms with Crippen molar-refractivity contribution in [3.05, 3.63) is 40.3 Å². The molecule has 0 aliphatic carbocycles. The Labute approximate surface area is 116 Å². The number of hydrogen-bond donors (Lipinski definition) is 0. The van der Waals surface area contributed by atoms with Gasteiger partial charge in [0.25, 0.3) is 0 Å². The fourth-order valence-electron chi connectivity index (χ4n) is 1.59. The molecular weight excluding hydrogens is 262 g/mol. The van der Waals surface area contributed by atoms with E-state index in [4.69, 9.17) is 9.47 Å². The van der Waals surface area contributed by atoms with Crippen molar-refractivity contribution in [2.24, 2.45) is 0 Å². The zero-order valence-electron chi connectivity index (χ0n) is 10.7. The molecule has 0 spiro atoms. The van der Waals surface area contributed by atoms with Gasteiger partial charge in [0.2, 0.25) is 0 Å². The highest BCUT2D eigenvalue weighted by atomic mass is 32.1. The van der Waals surface area contributed by atoms with Gasteiger partial charge in [-0.05, 0) is 19.1 Å². The summed E-state index contributed by atoms with van der Waals surface area (Å²) in [5.74, 6) is 1.48. The van der Waals surface area contributed by atoms with Crippen molar-refractivity contribution >= 4 is 17.6 Å². The SMILES string of the molecule is CCOc1ccccc1OCCc1nc(C=O)cs1. The number of benzene rings is 1. The van der Waals surface area contributed by atoms with E-state index in [1.807, 2.05) is 31.2 Å². The number of para-hydroxylation sites is 2. The van der Waals surface area contributed by atoms with Gasteiger partial charge < -0.3 is 9.47 Å². The first kappa shape index (κ1) is 13.5. The summed E-state index contributed by atoms with van der Waals surface area (Å²) in [7, 11) is 0. The topological polar surface area (TPSA) is 48.4 Å². The lowest BCUT2D eigenvalue weighted by atomic mass is 10.3. The van der Waals surface area contributed by atoms with Gasteiger partial charge in [-0.2, -0.15) is 0 Å². The summed E-state index contributed by atoms with van der Waals surface area (Å²) in [6, 6.07) is 7.58. The van der Waals surface area contributed by atoms with Gasteiger partial charge in [0.1, 0.15) is 5.69 Å². The Hall–Kier alpha value is -1.88. The van der Waals surface area contributed by atoms with Gasteiger partial charge >= 0.3 is 0 Å². The summed E-state index contributed by atoms with van der Waals surface area (Å²) in [4.78, 5) is 14.7. The first-order chi connectivity index (χ1) is 9.33. The monoisotopic (exact) mass is 277 g/mol. The lowest BCUT2D eigenvalue weighted by Gasteiger charge is -2.10. The van der Waals surface area contributed by atoms with E-state index in [2.05, 4.69) is 4.98 Å². The maximum atomic E-state index is 10.5. The Morgan fingerprint density at radius 1 is 1.26 bits per heavy atom. The molecule has 0 saturated heterocycles. The third-order valence-corrected chi connectivity index (χ3v) is 3.34. The van der Waals surface area contributed by atoms with Crippen molar-refractivity contribution in [2.45, 2.75) is 13.3 Å². The van der Waals surface area contributed by atoms with Gasteiger partial charge in [0.15, 0.2) is 17.8 Å². The Kier molecular flexibility index (Phi) is 4.92. The number of nitrogens with zero attached hydrogens (tertiary/aromatic N) is 1. The zero-order valence-corrected chi connectivity index (χ0v) is 11.5. The first-order valence-corrected chi connectivity index (χ1v) is 6.95. The molecule has 0 bridgehead atoms. The van der Waals surface area contributed by atoms with Gasteiger partial charge in [0, 0.05) is 11.8 Å². The van der Waals surface area contributed by atoms with E-state index in [9.17, 15) is 4.79 Å². The molecule has 0 saturated carbocycles. The number of ether oxygens (including phenoxy) is 2. The maximum absolute atomic E-state index is 10.5. The van der Waals surface area contributed by atoms with Gasteiger partial charge in [0.05, 0.1) is 18.2 Å². The third kappa shape index (κ3) is 3.79. The molecule has 4 nitrogen and oxygen atoms in total. The van der Waals surface area contributed by atoms with Gasteiger partial charge in [-0.1, -0.05) is 12.1 Å². The number of carbonyl (C=O) groups is 1. The molecule has 100 valence electrons. The van der Waals surface area contributed by atoms with Crippen LogP contribution in [0.25, 0.3) is 0 Å². The summed E-state index contributed by atoms with van der Waals surface area (Å²) in [5, 5.41) is 2.65. The van der Waals surface area contributed by atoms with Gasteiger partial charge in [-0.25, -0.2) is 4.98 Å². The summed E-state index contributed by atoms with van der Waals surface area (Å²) in [5.41, 5.74) is 0.481. The van der Waals surface area contributed by atoms with Crippen LogP contribution < -0.4 is 9.47 Å². The Morgan fingerprint density at radius 2 is 2.00 bits per heavy atom. The van der Waals surface area contributed by atoms with E-state index in [0.29, 0.717) is 25.3 Å². The van der Waals surface area contributed by atoms with Crippen LogP contribution in [0, 0.1) is 0 Å². The highest BCUT2D eigenvalue weighted by Gasteiger charge is 2.05. The van der Waals surface area contributed by atoms with Crippen molar-refractivity contribution in [3.8, 4) is 11.5 Å². The minimum atomic E-state index is 0.481. The van der Waals surface area contributed by atoms with E-state index in [0.717, 1.165) is 22.8 Å². The number of rotatable bonds is 7. The molecule has 0 radical (unpaired) electrons. The molecule has 0 amide bonds. The Bertz CT molecular complexity index is 539. The second kappa shape index (κ2) is 6.89. The molecule has 5 heteroatoms. The van der Waals surface area contributed by atoms with Crippen LogP contribution in [0.4, 0.5) is 0 Å². The predicted molar refractivity (Wildman–Crippen MR) is 74.3 cm³/mol. The lowest BCUT2D eigenvalue weighted by Crippen LogP contribution is -2.03. The Morgan fingerprint density at radius 3 is 2.63 bits per heavy atom. The molecule has 1 aromatic carbocycles. The smallest absolute Gasteiger partial charge is 0.169 e. The van der Waals surface area contributed by atoms with Crippen LogP contribution in [0.3, 0.4) is 0 Å². The summed E-state index contributed by atoms with van der Waals surface area (Å²) < 4.78 is 11.2. The molecule has 2 rings (SSSR count). The van der Waals surface area contributed by atoms with Crippen LogP contribution in [-0.2, 0) is 6.42 Å². The standard InChI is InChI=1S/C14H15NO3S/c1-2-17-12-5-3-4-6-13(12)18-8-7-14-15-11(9-16)10-19-14/h3-6,9-10H,2,7-8H2,1H3. The molecular formula is C14H15NO3S. The molecule has 0 fully saturated rings. The third-order valence-electron chi connectivity index (χ3n) is 2.41. The number of hydrogen-bond acceptors (Lipinski definition) is 5. The summed E-state index contributed by atoms with van der Waals surface area (Å²) >= 11 is 1.47. The largest absolute Gasteiger partial charge is 0.490 e. The van der Waals surface area contributed by atoms with E-state index in [1.165, 1.54) is 11.3 Å². The molecule has 0 unspecified atom stereocenters. The Balaban J connectivity index is 1.90. The normalized spacial score (nSPS) is 10.2. The maximum Gasteiger partial charge on any atom is 0.169 e. The quantitative estimate of drug-likeness (QED) is 0.730. The van der Waals surface area contributed by atoms with Gasteiger partial charge in [-0.3, -0.25) is 4.79 Å². The molecule has 19 heavy (non-hydrogen) atoms. The zero-order chi connectivity index (χ0) is 13.5. The second-order valence-corrected chi connectivity index (χ2v) is 4.70. The second-order valence-electron chi connectivity index (χ2n) is 3.76. The summed E-state index contributed by atoms with van der Waals surface area (Å²) in [6.45, 7) is 3.05. The highest BCUT2D eigenvalue weighted by Crippen LogP contribution is 2.26. The van der Waals surface area contributed by atoms with E-state index in [-0.39, 0.29) is 0 Å². The van der Waals surface area contributed by atoms with Crippen molar-refractivity contribution in [3.63, 3.8) is 0 Å². The molecule has 1 aromatic heterocycles. The molecule has 0 aliphatic rings. The van der Waals surface area contributed by atoms with Crippen LogP contribution in [0.2, 0.25) is 0 Å². The van der Waals surface area contributed by atoms with Crippen molar-refractivity contribution in [2.75, 3.05) is 13.2 Å². The minimum Gasteiger partial charge on any atom is -0.490 e. The number of aromatic nitrogens is 1. The fourth-order valence-corrected chi connectivity index (χ4v) is 2.31. The van der Waals surface area contributed by atoms with E-state index < -0.39 is 0 Å². The highest BCUT2D eigenvalue weighted by molar-refractivity contribution is 7.09. The average molecular weight is 277 g/mol. The fraction of sp³-hybridized carbons (Fsp3) is 0.286. The van der Waals surface area contributed by atoms with E-state index >= 15 is 0 Å². The van der Waals surface area contributed by atoms with Crippen LogP contribution in [0.1, 0.15) is 22.4 Å². The van der Waals surface area contributed by atoms with E-state index in [1.54, 1.807) is 5.38 Å². The summed E-state index contributed by atoms with van der Waals surface area (Å²) in [6.07, 6.45) is 1.43. The van der Waals surface area contributed by atoms with Crippen molar-refractivity contribution in [1.29, 1.82) is 0 Å². The number of aldehydes is 1. The van der Waals surface area contributed by atoms with Crippen molar-refractivity contribution < 1.29 is 14.3 Å². The number of carbonyl (C=O) groups excluding carboxylic acids is 1. The molecule has 1 heterocycles. The lowest BCUT2D eigenvalue weighted by molar-refractivity contribution is 0.111. The van der Waals surface area contributed by atoms with Crippen LogP contribution in [-0.4, -0.2) is 24.5 Å². The average Bonchev–Trinajstić information content (AvgIpc) is 2.89. The molecule has 2 aromatic rings. The van der Waals surface area contributed by atoms with Crippen molar-refractivity contribution in [1.82, 2.24) is 4.98 Å². The molecule has 0 aliphatic heterocycles. The molecule has 0 N–H and O–H groups in total. The number of thiazole rings is 1. The van der Waals surface area contributed by atoms with Crippen LogP contribution in [0.15, 0.2) is 29.6 Å². The first-order valence-electron chi connectivity index (χ1n) is 6.07. The van der Waals surface area contributed by atoms with Crippen LogP contribution in [0.5, 0.6) is 11.5 Å². The van der Waals surface area contributed by atoms with Crippen LogP contribution >= 0.6 is 11.3 Å².